The van der Waals surface area contributed by atoms with E-state index in [9.17, 15) is 17.6 Å². The first-order chi connectivity index (χ1) is 14.8. The monoisotopic (exact) mass is 448 g/mol. The summed E-state index contributed by atoms with van der Waals surface area (Å²) in [6, 6.07) is 13.8. The minimum absolute atomic E-state index is 0.0370. The molecule has 31 heavy (non-hydrogen) atoms. The number of para-hydroxylation sites is 1. The average Bonchev–Trinajstić information content (AvgIpc) is 2.77. The lowest BCUT2D eigenvalue weighted by molar-refractivity contribution is 0.0953. The molecule has 0 radical (unpaired) electrons. The average molecular weight is 449 g/mol. The van der Waals surface area contributed by atoms with Crippen molar-refractivity contribution in [1.82, 2.24) is 9.62 Å². The molecule has 0 aromatic heterocycles. The SMILES string of the molecule is CN(C)c1cccc(C(=O)NCCCS(=O)(=O)N2CCN(c3ccccc3F)CC2)c1. The Morgan fingerprint density at radius 3 is 2.45 bits per heavy atom. The summed E-state index contributed by atoms with van der Waals surface area (Å²) in [6.45, 7) is 1.80. The number of benzene rings is 2. The number of hydrogen-bond acceptors (Lipinski definition) is 5. The number of anilines is 2. The van der Waals surface area contributed by atoms with Crippen LogP contribution in [0.4, 0.5) is 15.8 Å². The molecular formula is C22H29FN4O3S. The zero-order valence-corrected chi connectivity index (χ0v) is 18.7. The van der Waals surface area contributed by atoms with Crippen molar-refractivity contribution in [3.05, 3.63) is 59.9 Å². The summed E-state index contributed by atoms with van der Waals surface area (Å²) in [6.07, 6.45) is 0.328. The van der Waals surface area contributed by atoms with Crippen molar-refractivity contribution >= 4 is 27.3 Å². The summed E-state index contributed by atoms with van der Waals surface area (Å²) in [4.78, 5) is 16.1. The van der Waals surface area contributed by atoms with Crippen LogP contribution in [0, 0.1) is 5.82 Å². The fourth-order valence-electron chi connectivity index (χ4n) is 3.53. The molecule has 2 aromatic carbocycles. The number of carbonyl (C=O) groups excluding carboxylic acids is 1. The van der Waals surface area contributed by atoms with Crippen molar-refractivity contribution in [3.63, 3.8) is 0 Å². The summed E-state index contributed by atoms with van der Waals surface area (Å²) in [7, 11) is 0.377. The predicted molar refractivity (Wildman–Crippen MR) is 122 cm³/mol. The molecule has 0 atom stereocenters. The Labute approximate surface area is 183 Å². The van der Waals surface area contributed by atoms with Gasteiger partial charge in [0.25, 0.3) is 5.91 Å². The van der Waals surface area contributed by atoms with E-state index in [4.69, 9.17) is 0 Å². The molecular weight excluding hydrogens is 419 g/mol. The number of hydrogen-bond donors (Lipinski definition) is 1. The van der Waals surface area contributed by atoms with Crippen LogP contribution >= 0.6 is 0 Å². The molecule has 0 unspecified atom stereocenters. The van der Waals surface area contributed by atoms with Crippen molar-refractivity contribution in [1.29, 1.82) is 0 Å². The van der Waals surface area contributed by atoms with Crippen LogP contribution in [-0.2, 0) is 10.0 Å². The highest BCUT2D eigenvalue weighted by atomic mass is 32.2. The van der Waals surface area contributed by atoms with Crippen LogP contribution in [0.5, 0.6) is 0 Å². The Kier molecular flexibility index (Phi) is 7.50. The van der Waals surface area contributed by atoms with Crippen molar-refractivity contribution in [2.24, 2.45) is 0 Å². The molecule has 2 aromatic rings. The molecule has 7 nitrogen and oxygen atoms in total. The molecule has 1 aliphatic heterocycles. The van der Waals surface area contributed by atoms with Gasteiger partial charge in [-0.15, -0.1) is 0 Å². The van der Waals surface area contributed by atoms with Crippen LogP contribution in [0.25, 0.3) is 0 Å². The van der Waals surface area contributed by atoms with Gasteiger partial charge in [0.1, 0.15) is 5.82 Å². The van der Waals surface area contributed by atoms with E-state index < -0.39 is 10.0 Å². The second kappa shape index (κ2) is 10.1. The van der Waals surface area contributed by atoms with Crippen molar-refractivity contribution < 1.29 is 17.6 Å². The first-order valence-corrected chi connectivity index (χ1v) is 11.9. The second-order valence-electron chi connectivity index (χ2n) is 7.71. The largest absolute Gasteiger partial charge is 0.378 e. The van der Waals surface area contributed by atoms with Crippen molar-refractivity contribution in [3.8, 4) is 0 Å². The maximum Gasteiger partial charge on any atom is 0.251 e. The van der Waals surface area contributed by atoms with Gasteiger partial charge in [-0.05, 0) is 36.8 Å². The van der Waals surface area contributed by atoms with Gasteiger partial charge in [-0.25, -0.2) is 12.8 Å². The highest BCUT2D eigenvalue weighted by molar-refractivity contribution is 7.89. The van der Waals surface area contributed by atoms with Gasteiger partial charge in [0.05, 0.1) is 11.4 Å². The molecule has 0 spiro atoms. The third-order valence-corrected chi connectivity index (χ3v) is 7.27. The number of nitrogens with one attached hydrogen (secondary N) is 1. The number of carbonyl (C=O) groups is 1. The van der Waals surface area contributed by atoms with E-state index in [0.29, 0.717) is 43.9 Å². The van der Waals surface area contributed by atoms with Gasteiger partial charge in [-0.3, -0.25) is 4.79 Å². The zero-order chi connectivity index (χ0) is 22.4. The normalized spacial score (nSPS) is 15.0. The second-order valence-corrected chi connectivity index (χ2v) is 9.80. The molecule has 1 fully saturated rings. The van der Waals surface area contributed by atoms with Crippen LogP contribution in [0.15, 0.2) is 48.5 Å². The van der Waals surface area contributed by atoms with Gasteiger partial charge in [0.15, 0.2) is 0 Å². The molecule has 0 aliphatic carbocycles. The molecule has 3 rings (SSSR count). The van der Waals surface area contributed by atoms with E-state index >= 15 is 0 Å². The minimum atomic E-state index is -3.42. The fraction of sp³-hybridized carbons (Fsp3) is 0.409. The zero-order valence-electron chi connectivity index (χ0n) is 17.9. The van der Waals surface area contributed by atoms with Gasteiger partial charge < -0.3 is 15.1 Å². The fourth-order valence-corrected chi connectivity index (χ4v) is 5.02. The number of halogens is 1. The first-order valence-electron chi connectivity index (χ1n) is 10.3. The lowest BCUT2D eigenvalue weighted by Crippen LogP contribution is -2.49. The molecule has 1 N–H and O–H groups in total. The standard InChI is InChI=1S/C22H29FN4O3S/c1-25(2)19-8-5-7-18(17-19)22(28)24-11-6-16-31(29,30)27-14-12-26(13-15-27)21-10-4-3-9-20(21)23/h3-5,7-10,17H,6,11-16H2,1-2H3,(H,24,28). The number of rotatable bonds is 8. The lowest BCUT2D eigenvalue weighted by atomic mass is 10.2. The third kappa shape index (κ3) is 5.95. The summed E-state index contributed by atoms with van der Waals surface area (Å²) >= 11 is 0. The molecule has 0 bridgehead atoms. The third-order valence-electron chi connectivity index (χ3n) is 5.31. The number of nitrogens with zero attached hydrogens (tertiary/aromatic N) is 3. The molecule has 1 heterocycles. The molecule has 1 aliphatic rings. The predicted octanol–water partition coefficient (Wildman–Crippen LogP) is 2.16. The van der Waals surface area contributed by atoms with Crippen LogP contribution < -0.4 is 15.1 Å². The Bertz CT molecular complexity index is 1010. The van der Waals surface area contributed by atoms with Crippen molar-refractivity contribution in [2.75, 3.05) is 62.4 Å². The summed E-state index contributed by atoms with van der Waals surface area (Å²) in [5, 5.41) is 2.79. The molecule has 0 saturated carbocycles. The first kappa shape index (κ1) is 23.0. The van der Waals surface area contributed by atoms with Crippen LogP contribution in [0.1, 0.15) is 16.8 Å². The summed E-state index contributed by atoms with van der Waals surface area (Å²) in [5.74, 6) is -0.560. The maximum atomic E-state index is 13.9. The Morgan fingerprint density at radius 1 is 1.06 bits per heavy atom. The number of piperazine rings is 1. The summed E-state index contributed by atoms with van der Waals surface area (Å²) in [5.41, 5.74) is 1.96. The van der Waals surface area contributed by atoms with Gasteiger partial charge in [0.2, 0.25) is 10.0 Å². The minimum Gasteiger partial charge on any atom is -0.378 e. The van der Waals surface area contributed by atoms with Gasteiger partial charge >= 0.3 is 0 Å². The highest BCUT2D eigenvalue weighted by Crippen LogP contribution is 2.21. The van der Waals surface area contributed by atoms with E-state index in [1.54, 1.807) is 30.3 Å². The highest BCUT2D eigenvalue weighted by Gasteiger charge is 2.27. The van der Waals surface area contributed by atoms with Gasteiger partial charge in [0, 0.05) is 58.1 Å². The van der Waals surface area contributed by atoms with Gasteiger partial charge in [-0.1, -0.05) is 18.2 Å². The Hall–Kier alpha value is -2.65. The number of amides is 1. The van der Waals surface area contributed by atoms with Crippen LogP contribution in [-0.4, -0.2) is 71.2 Å². The van der Waals surface area contributed by atoms with E-state index in [0.717, 1.165) is 5.69 Å². The smallest absolute Gasteiger partial charge is 0.251 e. The molecule has 1 amide bonds. The maximum absolute atomic E-state index is 13.9. The van der Waals surface area contributed by atoms with Crippen LogP contribution in [0.3, 0.4) is 0 Å². The quantitative estimate of drug-likeness (QED) is 0.627. The van der Waals surface area contributed by atoms with E-state index in [2.05, 4.69) is 5.32 Å². The van der Waals surface area contributed by atoms with E-state index in [1.807, 2.05) is 36.0 Å². The van der Waals surface area contributed by atoms with Crippen molar-refractivity contribution in [2.45, 2.75) is 6.42 Å². The Morgan fingerprint density at radius 2 is 1.77 bits per heavy atom. The molecule has 1 saturated heterocycles. The van der Waals surface area contributed by atoms with Gasteiger partial charge in [-0.2, -0.15) is 4.31 Å². The topological polar surface area (TPSA) is 73.0 Å². The summed E-state index contributed by atoms with van der Waals surface area (Å²) < 4.78 is 40.7. The molecule has 168 valence electrons. The Balaban J connectivity index is 1.45. The van der Waals surface area contributed by atoms with Crippen LogP contribution in [0.2, 0.25) is 0 Å². The van der Waals surface area contributed by atoms with E-state index in [1.165, 1.54) is 10.4 Å². The lowest BCUT2D eigenvalue weighted by Gasteiger charge is -2.35. The van der Waals surface area contributed by atoms with E-state index in [-0.39, 0.29) is 24.0 Å². The number of sulfonamides is 1. The molecule has 9 heteroatoms.